The van der Waals surface area contributed by atoms with Gasteiger partial charge in [0, 0.05) is 18.3 Å². The van der Waals surface area contributed by atoms with E-state index in [2.05, 4.69) is 36.3 Å². The van der Waals surface area contributed by atoms with Crippen LogP contribution < -0.4 is 5.73 Å². The van der Waals surface area contributed by atoms with E-state index in [4.69, 9.17) is 5.73 Å². The van der Waals surface area contributed by atoms with Crippen molar-refractivity contribution in [1.82, 2.24) is 9.78 Å². The maximum absolute atomic E-state index is 5.91. The molecule has 0 aliphatic carbocycles. The van der Waals surface area contributed by atoms with Crippen LogP contribution in [0.15, 0.2) is 24.3 Å². The molecule has 0 bridgehead atoms. The summed E-state index contributed by atoms with van der Waals surface area (Å²) < 4.78 is 1.82. The molecule has 0 atom stereocenters. The summed E-state index contributed by atoms with van der Waals surface area (Å²) >= 11 is 0. The van der Waals surface area contributed by atoms with E-state index in [0.29, 0.717) is 5.82 Å². The zero-order chi connectivity index (χ0) is 11.7. The standard InChI is InChI=1S/C13H17N3/c1-4-10-5-7-11(8-6-10)12-9(2)16(3)15-13(12)14/h5-8H,4H2,1-3H3,(H2,14,15). The summed E-state index contributed by atoms with van der Waals surface area (Å²) in [5, 5.41) is 4.22. The molecule has 1 heterocycles. The Morgan fingerprint density at radius 2 is 1.88 bits per heavy atom. The van der Waals surface area contributed by atoms with Gasteiger partial charge in [0.1, 0.15) is 0 Å². The lowest BCUT2D eigenvalue weighted by molar-refractivity contribution is 0.744. The molecule has 0 aliphatic rings. The van der Waals surface area contributed by atoms with Crippen LogP contribution in [0, 0.1) is 6.92 Å². The highest BCUT2D eigenvalue weighted by molar-refractivity contribution is 5.76. The zero-order valence-corrected chi connectivity index (χ0v) is 9.99. The van der Waals surface area contributed by atoms with E-state index in [1.165, 1.54) is 5.56 Å². The molecule has 2 rings (SSSR count). The molecule has 0 unspecified atom stereocenters. The third kappa shape index (κ3) is 1.69. The first-order chi connectivity index (χ1) is 7.63. The van der Waals surface area contributed by atoms with Crippen molar-refractivity contribution in [3.05, 3.63) is 35.5 Å². The molecule has 0 saturated carbocycles. The summed E-state index contributed by atoms with van der Waals surface area (Å²) in [5.74, 6) is 0.601. The van der Waals surface area contributed by atoms with Crippen LogP contribution in [0.1, 0.15) is 18.2 Å². The van der Waals surface area contributed by atoms with Gasteiger partial charge in [-0.1, -0.05) is 31.2 Å². The molecule has 2 N–H and O–H groups in total. The molecule has 1 aromatic carbocycles. The van der Waals surface area contributed by atoms with Crippen molar-refractivity contribution in [2.45, 2.75) is 20.3 Å². The summed E-state index contributed by atoms with van der Waals surface area (Å²) in [6.45, 7) is 4.19. The van der Waals surface area contributed by atoms with E-state index in [0.717, 1.165) is 23.2 Å². The minimum absolute atomic E-state index is 0.601. The van der Waals surface area contributed by atoms with Gasteiger partial charge < -0.3 is 5.73 Å². The second kappa shape index (κ2) is 4.00. The van der Waals surface area contributed by atoms with Crippen molar-refractivity contribution >= 4 is 5.82 Å². The predicted octanol–water partition coefficient (Wildman–Crippen LogP) is 2.54. The van der Waals surface area contributed by atoms with Crippen LogP contribution in [0.3, 0.4) is 0 Å². The summed E-state index contributed by atoms with van der Waals surface area (Å²) in [4.78, 5) is 0. The monoisotopic (exact) mass is 215 g/mol. The summed E-state index contributed by atoms with van der Waals surface area (Å²) in [7, 11) is 1.91. The fourth-order valence-corrected chi connectivity index (χ4v) is 1.90. The van der Waals surface area contributed by atoms with E-state index >= 15 is 0 Å². The molecule has 0 spiro atoms. The topological polar surface area (TPSA) is 43.8 Å². The van der Waals surface area contributed by atoms with Gasteiger partial charge in [-0.05, 0) is 24.5 Å². The molecule has 0 radical (unpaired) electrons. The third-order valence-electron chi connectivity index (χ3n) is 3.01. The number of nitrogens with zero attached hydrogens (tertiary/aromatic N) is 2. The van der Waals surface area contributed by atoms with Crippen molar-refractivity contribution in [1.29, 1.82) is 0 Å². The molecule has 84 valence electrons. The Morgan fingerprint density at radius 1 is 1.25 bits per heavy atom. The number of nitrogen functional groups attached to an aromatic ring is 1. The van der Waals surface area contributed by atoms with E-state index in [1.807, 2.05) is 18.7 Å². The first kappa shape index (κ1) is 10.7. The van der Waals surface area contributed by atoms with E-state index < -0.39 is 0 Å². The van der Waals surface area contributed by atoms with Crippen molar-refractivity contribution in [2.24, 2.45) is 7.05 Å². The maximum Gasteiger partial charge on any atom is 0.153 e. The van der Waals surface area contributed by atoms with Gasteiger partial charge in [-0.25, -0.2) is 0 Å². The number of rotatable bonds is 2. The Hall–Kier alpha value is -1.77. The lowest BCUT2D eigenvalue weighted by Crippen LogP contribution is -1.93. The fraction of sp³-hybridized carbons (Fsp3) is 0.308. The largest absolute Gasteiger partial charge is 0.382 e. The molecule has 3 heteroatoms. The van der Waals surface area contributed by atoms with Gasteiger partial charge >= 0.3 is 0 Å². The van der Waals surface area contributed by atoms with Crippen molar-refractivity contribution in [3.63, 3.8) is 0 Å². The van der Waals surface area contributed by atoms with Crippen molar-refractivity contribution < 1.29 is 0 Å². The van der Waals surface area contributed by atoms with Crippen molar-refractivity contribution in [3.8, 4) is 11.1 Å². The Balaban J connectivity index is 2.50. The normalized spacial score (nSPS) is 10.7. The number of aromatic nitrogens is 2. The van der Waals surface area contributed by atoms with Crippen LogP contribution >= 0.6 is 0 Å². The van der Waals surface area contributed by atoms with E-state index in [1.54, 1.807) is 0 Å². The SMILES string of the molecule is CCc1ccc(-c2c(N)nn(C)c2C)cc1. The number of anilines is 1. The second-order valence-corrected chi connectivity index (χ2v) is 4.02. The maximum atomic E-state index is 5.91. The molecule has 0 aliphatic heterocycles. The summed E-state index contributed by atoms with van der Waals surface area (Å²) in [5.41, 5.74) is 10.5. The van der Waals surface area contributed by atoms with E-state index in [-0.39, 0.29) is 0 Å². The number of nitrogens with two attached hydrogens (primary N) is 1. The lowest BCUT2D eigenvalue weighted by Gasteiger charge is -2.03. The van der Waals surface area contributed by atoms with Crippen LogP contribution in [0.4, 0.5) is 5.82 Å². The fourth-order valence-electron chi connectivity index (χ4n) is 1.90. The number of hydrogen-bond donors (Lipinski definition) is 1. The summed E-state index contributed by atoms with van der Waals surface area (Å²) in [6, 6.07) is 8.50. The van der Waals surface area contributed by atoms with Crippen molar-refractivity contribution in [2.75, 3.05) is 5.73 Å². The van der Waals surface area contributed by atoms with Crippen LogP contribution in [0.25, 0.3) is 11.1 Å². The number of aryl methyl sites for hydroxylation is 2. The highest BCUT2D eigenvalue weighted by Crippen LogP contribution is 2.28. The van der Waals surface area contributed by atoms with Crippen LogP contribution in [0.2, 0.25) is 0 Å². The first-order valence-electron chi connectivity index (χ1n) is 5.52. The lowest BCUT2D eigenvalue weighted by atomic mass is 10.0. The van der Waals surface area contributed by atoms with Gasteiger partial charge in [0.05, 0.1) is 0 Å². The highest BCUT2D eigenvalue weighted by Gasteiger charge is 2.11. The zero-order valence-electron chi connectivity index (χ0n) is 9.99. The average molecular weight is 215 g/mol. The summed E-state index contributed by atoms with van der Waals surface area (Å²) in [6.07, 6.45) is 1.06. The van der Waals surface area contributed by atoms with Crippen LogP contribution in [-0.2, 0) is 13.5 Å². The molecule has 0 fully saturated rings. The van der Waals surface area contributed by atoms with Crippen LogP contribution in [0.5, 0.6) is 0 Å². The van der Waals surface area contributed by atoms with Gasteiger partial charge in [-0.2, -0.15) is 5.10 Å². The van der Waals surface area contributed by atoms with Gasteiger partial charge in [0.15, 0.2) is 5.82 Å². The molecule has 1 aromatic heterocycles. The number of benzene rings is 1. The number of hydrogen-bond acceptors (Lipinski definition) is 2. The van der Waals surface area contributed by atoms with Crippen LogP contribution in [-0.4, -0.2) is 9.78 Å². The molecule has 0 amide bonds. The first-order valence-corrected chi connectivity index (χ1v) is 5.52. The Morgan fingerprint density at radius 3 is 2.31 bits per heavy atom. The third-order valence-corrected chi connectivity index (χ3v) is 3.01. The molecule has 3 nitrogen and oxygen atoms in total. The second-order valence-electron chi connectivity index (χ2n) is 4.02. The molecule has 2 aromatic rings. The van der Waals surface area contributed by atoms with Gasteiger partial charge in [-0.3, -0.25) is 4.68 Å². The molecular formula is C13H17N3. The molecule has 0 saturated heterocycles. The minimum atomic E-state index is 0.601. The highest BCUT2D eigenvalue weighted by atomic mass is 15.3. The Labute approximate surface area is 95.9 Å². The Kier molecular flexibility index (Phi) is 2.69. The van der Waals surface area contributed by atoms with Gasteiger partial charge in [0.2, 0.25) is 0 Å². The predicted molar refractivity (Wildman–Crippen MR) is 67.2 cm³/mol. The minimum Gasteiger partial charge on any atom is -0.382 e. The van der Waals surface area contributed by atoms with Gasteiger partial charge in [-0.15, -0.1) is 0 Å². The molecule has 16 heavy (non-hydrogen) atoms. The van der Waals surface area contributed by atoms with E-state index in [9.17, 15) is 0 Å². The quantitative estimate of drug-likeness (QED) is 0.836. The average Bonchev–Trinajstić information content (AvgIpc) is 2.54. The smallest absolute Gasteiger partial charge is 0.153 e. The Bertz CT molecular complexity index is 495. The van der Waals surface area contributed by atoms with Gasteiger partial charge in [0.25, 0.3) is 0 Å². The molecular weight excluding hydrogens is 198 g/mol.